The predicted molar refractivity (Wildman–Crippen MR) is 91.9 cm³/mol. The van der Waals surface area contributed by atoms with Crippen molar-refractivity contribution in [1.82, 2.24) is 25.0 Å². The zero-order chi connectivity index (χ0) is 16.5. The van der Waals surface area contributed by atoms with Gasteiger partial charge in [-0.05, 0) is 11.6 Å². The minimum absolute atomic E-state index is 0.210. The van der Waals surface area contributed by atoms with Crippen LogP contribution in [0.3, 0.4) is 0 Å². The van der Waals surface area contributed by atoms with Gasteiger partial charge in [-0.3, -0.25) is 4.79 Å². The van der Waals surface area contributed by atoms with Crippen LogP contribution in [0.1, 0.15) is 5.56 Å². The molecule has 2 aromatic heterocycles. The lowest BCUT2D eigenvalue weighted by molar-refractivity contribution is 0.664. The molecule has 4 aromatic rings. The third-order valence-electron chi connectivity index (χ3n) is 3.70. The monoisotopic (exact) mass is 337 g/mol. The molecule has 1 N–H and O–H groups in total. The van der Waals surface area contributed by atoms with Crippen molar-refractivity contribution in [2.45, 2.75) is 6.54 Å². The Morgan fingerprint density at radius 1 is 1.04 bits per heavy atom. The number of hydrogen-bond acceptors (Lipinski definition) is 4. The van der Waals surface area contributed by atoms with E-state index in [1.807, 2.05) is 54.6 Å². The van der Waals surface area contributed by atoms with E-state index in [0.29, 0.717) is 23.0 Å². The molecule has 118 valence electrons. The highest BCUT2D eigenvalue weighted by Gasteiger charge is 2.13. The molecular weight excluding hydrogens is 326 g/mol. The molecule has 0 fully saturated rings. The van der Waals surface area contributed by atoms with E-state index in [1.54, 1.807) is 4.68 Å². The summed E-state index contributed by atoms with van der Waals surface area (Å²) in [5.74, 6) is 0.482. The molecule has 0 saturated heterocycles. The van der Waals surface area contributed by atoms with Crippen LogP contribution >= 0.6 is 11.6 Å². The van der Waals surface area contributed by atoms with Crippen molar-refractivity contribution in [3.63, 3.8) is 0 Å². The molecular formula is C17H12ClN5O. The minimum atomic E-state index is -0.315. The van der Waals surface area contributed by atoms with Crippen LogP contribution < -0.4 is 5.56 Å². The molecule has 0 aliphatic carbocycles. The van der Waals surface area contributed by atoms with Gasteiger partial charge in [0, 0.05) is 10.6 Å². The normalized spacial score (nSPS) is 11.0. The van der Waals surface area contributed by atoms with Gasteiger partial charge in [-0.25, -0.2) is 9.67 Å². The Bertz CT molecular complexity index is 1070. The molecule has 2 heterocycles. The van der Waals surface area contributed by atoms with Gasteiger partial charge < -0.3 is 4.98 Å². The van der Waals surface area contributed by atoms with E-state index in [4.69, 9.17) is 11.6 Å². The first-order valence-electron chi connectivity index (χ1n) is 7.35. The fraction of sp³-hybridized carbons (Fsp3) is 0.0588. The van der Waals surface area contributed by atoms with Crippen molar-refractivity contribution in [2.75, 3.05) is 0 Å². The first-order valence-corrected chi connectivity index (χ1v) is 7.72. The van der Waals surface area contributed by atoms with E-state index in [0.717, 1.165) is 11.1 Å². The molecule has 0 radical (unpaired) electrons. The van der Waals surface area contributed by atoms with E-state index in [9.17, 15) is 4.79 Å². The smallest absolute Gasteiger partial charge is 0.281 e. The lowest BCUT2D eigenvalue weighted by atomic mass is 10.2. The summed E-state index contributed by atoms with van der Waals surface area (Å²) in [6, 6.07) is 16.9. The fourth-order valence-electron chi connectivity index (χ4n) is 2.49. The van der Waals surface area contributed by atoms with Gasteiger partial charge in [0.1, 0.15) is 5.82 Å². The Morgan fingerprint density at radius 3 is 2.58 bits per heavy atom. The second kappa shape index (κ2) is 5.90. The second-order valence-corrected chi connectivity index (χ2v) is 5.70. The zero-order valence-electron chi connectivity index (χ0n) is 12.5. The topological polar surface area (TPSA) is 76.5 Å². The Balaban J connectivity index is 1.85. The van der Waals surface area contributed by atoms with E-state index in [2.05, 4.69) is 20.3 Å². The molecule has 0 aliphatic heterocycles. The van der Waals surface area contributed by atoms with E-state index in [-0.39, 0.29) is 11.1 Å². The van der Waals surface area contributed by atoms with Gasteiger partial charge in [0.2, 0.25) is 0 Å². The number of hydrogen-bond donors (Lipinski definition) is 1. The molecule has 0 amide bonds. The molecule has 0 spiro atoms. The van der Waals surface area contributed by atoms with Crippen molar-refractivity contribution in [3.8, 4) is 11.4 Å². The first kappa shape index (κ1) is 14.6. The van der Waals surface area contributed by atoms with Crippen molar-refractivity contribution in [2.24, 2.45) is 0 Å². The molecule has 0 unspecified atom stereocenters. The number of nitrogens with zero attached hydrogens (tertiary/aromatic N) is 4. The van der Waals surface area contributed by atoms with Crippen LogP contribution in [0.5, 0.6) is 0 Å². The molecule has 0 bridgehead atoms. The maximum absolute atomic E-state index is 12.3. The van der Waals surface area contributed by atoms with Gasteiger partial charge in [-0.1, -0.05) is 65.3 Å². The van der Waals surface area contributed by atoms with Crippen LogP contribution in [0.15, 0.2) is 59.4 Å². The Hall–Kier alpha value is -2.99. The van der Waals surface area contributed by atoms with E-state index in [1.165, 1.54) is 0 Å². The summed E-state index contributed by atoms with van der Waals surface area (Å²) in [4.78, 5) is 19.5. The van der Waals surface area contributed by atoms with Gasteiger partial charge >= 0.3 is 0 Å². The molecule has 0 atom stereocenters. The Morgan fingerprint density at radius 2 is 1.79 bits per heavy atom. The predicted octanol–water partition coefficient (Wildman–Crippen LogP) is 2.88. The van der Waals surface area contributed by atoms with Gasteiger partial charge in [0.25, 0.3) is 5.56 Å². The van der Waals surface area contributed by atoms with Crippen LogP contribution in [0, 0.1) is 0 Å². The SMILES string of the molecule is O=c1[nH]c(-c2ccccc2)nc2c1nnn2Cc1ccccc1Cl. The highest BCUT2D eigenvalue weighted by Crippen LogP contribution is 2.18. The quantitative estimate of drug-likeness (QED) is 0.623. The van der Waals surface area contributed by atoms with Crippen molar-refractivity contribution < 1.29 is 0 Å². The number of rotatable bonds is 3. The third kappa shape index (κ3) is 2.57. The number of aromatic nitrogens is 5. The zero-order valence-corrected chi connectivity index (χ0v) is 13.2. The summed E-state index contributed by atoms with van der Waals surface area (Å²) < 4.78 is 1.58. The number of aromatic amines is 1. The Labute approximate surface area is 141 Å². The average Bonchev–Trinajstić information content (AvgIpc) is 3.01. The van der Waals surface area contributed by atoms with Crippen LogP contribution in [0.4, 0.5) is 0 Å². The highest BCUT2D eigenvalue weighted by molar-refractivity contribution is 6.31. The van der Waals surface area contributed by atoms with Gasteiger partial charge in [0.15, 0.2) is 11.2 Å². The second-order valence-electron chi connectivity index (χ2n) is 5.29. The summed E-state index contributed by atoms with van der Waals surface area (Å²) in [5, 5.41) is 8.63. The lowest BCUT2D eigenvalue weighted by Crippen LogP contribution is -2.11. The summed E-state index contributed by atoms with van der Waals surface area (Å²) >= 11 is 6.20. The molecule has 2 aromatic carbocycles. The maximum Gasteiger partial charge on any atom is 0.281 e. The molecule has 4 rings (SSSR count). The van der Waals surface area contributed by atoms with E-state index < -0.39 is 0 Å². The Kier molecular flexibility index (Phi) is 3.59. The molecule has 7 heteroatoms. The largest absolute Gasteiger partial charge is 0.304 e. The maximum atomic E-state index is 12.3. The van der Waals surface area contributed by atoms with Crippen molar-refractivity contribution in [3.05, 3.63) is 75.5 Å². The molecule has 24 heavy (non-hydrogen) atoms. The third-order valence-corrected chi connectivity index (χ3v) is 4.07. The summed E-state index contributed by atoms with van der Waals surface area (Å²) in [6.07, 6.45) is 0. The molecule has 0 saturated carbocycles. The molecule has 0 aliphatic rings. The van der Waals surface area contributed by atoms with Crippen molar-refractivity contribution >= 4 is 22.8 Å². The van der Waals surface area contributed by atoms with Crippen LogP contribution in [-0.4, -0.2) is 25.0 Å². The number of nitrogens with one attached hydrogen (secondary N) is 1. The van der Waals surface area contributed by atoms with Gasteiger partial charge in [0.05, 0.1) is 6.54 Å². The minimum Gasteiger partial charge on any atom is -0.304 e. The fourth-order valence-corrected chi connectivity index (χ4v) is 2.69. The standard InChI is InChI=1S/C17H12ClN5O/c18-13-9-5-4-8-12(13)10-23-16-14(21-22-23)17(24)20-15(19-16)11-6-2-1-3-7-11/h1-9H,10H2,(H,19,20,24). The van der Waals surface area contributed by atoms with Crippen LogP contribution in [0.2, 0.25) is 5.02 Å². The summed E-state index contributed by atoms with van der Waals surface area (Å²) in [6.45, 7) is 0.390. The highest BCUT2D eigenvalue weighted by atomic mass is 35.5. The summed E-state index contributed by atoms with van der Waals surface area (Å²) in [5.41, 5.74) is 2.03. The number of H-pyrrole nitrogens is 1. The van der Waals surface area contributed by atoms with Crippen LogP contribution in [0.25, 0.3) is 22.6 Å². The summed E-state index contributed by atoms with van der Waals surface area (Å²) in [7, 11) is 0. The number of halogens is 1. The molecule has 6 nitrogen and oxygen atoms in total. The van der Waals surface area contributed by atoms with Gasteiger partial charge in [-0.15, -0.1) is 5.10 Å². The lowest BCUT2D eigenvalue weighted by Gasteiger charge is -2.05. The average molecular weight is 338 g/mol. The number of fused-ring (bicyclic) bond motifs is 1. The number of benzene rings is 2. The van der Waals surface area contributed by atoms with Crippen molar-refractivity contribution in [1.29, 1.82) is 0 Å². The van der Waals surface area contributed by atoms with Gasteiger partial charge in [-0.2, -0.15) is 0 Å². The first-order chi connectivity index (χ1) is 11.7. The van der Waals surface area contributed by atoms with E-state index >= 15 is 0 Å². The van der Waals surface area contributed by atoms with Crippen LogP contribution in [-0.2, 0) is 6.54 Å².